The summed E-state index contributed by atoms with van der Waals surface area (Å²) in [5.41, 5.74) is -0.915. The highest BCUT2D eigenvalue weighted by Gasteiger charge is 2.46. The minimum absolute atomic E-state index is 0.387. The van der Waals surface area contributed by atoms with Crippen LogP contribution in [0.2, 0.25) is 0 Å². The maximum Gasteiger partial charge on any atom is 0.335 e. The van der Waals surface area contributed by atoms with E-state index in [-0.39, 0.29) is 0 Å². The van der Waals surface area contributed by atoms with E-state index in [4.69, 9.17) is 9.79 Å². The average molecular weight is 294 g/mol. The van der Waals surface area contributed by atoms with Crippen molar-refractivity contribution in [1.29, 1.82) is 0 Å². The highest BCUT2D eigenvalue weighted by molar-refractivity contribution is 7.52. The van der Waals surface area contributed by atoms with Crippen LogP contribution in [-0.2, 0) is 9.36 Å². The largest absolute Gasteiger partial charge is 0.335 e. The zero-order valence-corrected chi connectivity index (χ0v) is 12.7. The molecule has 1 aliphatic heterocycles. The molecule has 1 amide bonds. The highest BCUT2D eigenvalue weighted by Crippen LogP contribution is 2.40. The fourth-order valence-electron chi connectivity index (χ4n) is 2.85. The Hall–Kier alpha value is -0.460. The molecule has 0 aromatic carbocycles. The van der Waals surface area contributed by atoms with Crippen molar-refractivity contribution in [3.63, 3.8) is 0 Å². The Kier molecular flexibility index (Phi) is 4.49. The second-order valence-electron chi connectivity index (χ2n) is 6.30. The van der Waals surface area contributed by atoms with E-state index >= 15 is 0 Å². The van der Waals surface area contributed by atoms with Gasteiger partial charge in [0.15, 0.2) is 0 Å². The van der Waals surface area contributed by atoms with Crippen molar-refractivity contribution >= 4 is 13.5 Å². The molecule has 0 spiro atoms. The van der Waals surface area contributed by atoms with Gasteiger partial charge in [-0.2, -0.15) is 5.01 Å². The van der Waals surface area contributed by atoms with Gasteiger partial charge in [0.1, 0.15) is 6.16 Å². The van der Waals surface area contributed by atoms with E-state index in [1.807, 2.05) is 27.7 Å². The minimum Gasteiger partial charge on any atom is -0.324 e. The van der Waals surface area contributed by atoms with Gasteiger partial charge in [-0.25, -0.2) is 0 Å². The van der Waals surface area contributed by atoms with Gasteiger partial charge in [-0.1, -0.05) is 0 Å². The molecular formula is C11H23N2O5P. The predicted octanol–water partition coefficient (Wildman–Crippen LogP) is 1.34. The van der Waals surface area contributed by atoms with Gasteiger partial charge in [-0.3, -0.25) is 14.6 Å². The van der Waals surface area contributed by atoms with Crippen LogP contribution in [0.15, 0.2) is 0 Å². The molecule has 7 nitrogen and oxygen atoms in total. The molecule has 8 heteroatoms. The Labute approximate surface area is 113 Å². The second-order valence-corrected chi connectivity index (χ2v) is 7.94. The number of hydroxylamine groups is 1. The van der Waals surface area contributed by atoms with Crippen LogP contribution in [0.5, 0.6) is 0 Å². The molecule has 112 valence electrons. The Morgan fingerprint density at radius 3 is 2.00 bits per heavy atom. The number of amides is 1. The van der Waals surface area contributed by atoms with Crippen LogP contribution in [0.3, 0.4) is 0 Å². The SMILES string of the molecule is CC1(C)CCCC(C)(C)N1N(O)C(=O)CP(=O)(O)O. The lowest BCUT2D eigenvalue weighted by atomic mass is 9.81. The predicted molar refractivity (Wildman–Crippen MR) is 69.4 cm³/mol. The van der Waals surface area contributed by atoms with Gasteiger partial charge >= 0.3 is 7.60 Å². The lowest BCUT2D eigenvalue weighted by Gasteiger charge is -2.54. The molecule has 1 rings (SSSR count). The minimum atomic E-state index is -4.49. The number of carbonyl (C=O) groups is 1. The number of hydrogen-bond acceptors (Lipinski definition) is 4. The van der Waals surface area contributed by atoms with Crippen molar-refractivity contribution in [3.05, 3.63) is 0 Å². The average Bonchev–Trinajstić information content (AvgIpc) is 2.11. The number of hydrogen-bond donors (Lipinski definition) is 3. The molecule has 0 atom stereocenters. The molecule has 1 fully saturated rings. The highest BCUT2D eigenvalue weighted by atomic mass is 31.2. The Morgan fingerprint density at radius 1 is 1.21 bits per heavy atom. The number of carbonyl (C=O) groups excluding carboxylic acids is 1. The lowest BCUT2D eigenvalue weighted by Crippen LogP contribution is -2.66. The smallest absolute Gasteiger partial charge is 0.324 e. The third-order valence-electron chi connectivity index (χ3n) is 3.48. The summed E-state index contributed by atoms with van der Waals surface area (Å²) in [7, 11) is -4.49. The standard InChI is InChI=1S/C11H23N2O5P/c1-10(2)6-5-7-11(3,4)13(10)12(15)9(14)8-19(16,17)18/h15H,5-8H2,1-4H3,(H2,16,17,18). The molecule has 1 aliphatic rings. The van der Waals surface area contributed by atoms with Gasteiger partial charge < -0.3 is 9.79 Å². The normalized spacial score (nSPS) is 23.1. The summed E-state index contributed by atoms with van der Waals surface area (Å²) in [5.74, 6) is -0.989. The Morgan fingerprint density at radius 2 is 1.63 bits per heavy atom. The molecule has 0 aromatic heterocycles. The summed E-state index contributed by atoms with van der Waals surface area (Å²) in [6.07, 6.45) is 1.55. The van der Waals surface area contributed by atoms with E-state index in [1.165, 1.54) is 5.01 Å². The summed E-state index contributed by atoms with van der Waals surface area (Å²) in [5, 5.41) is 11.9. The van der Waals surface area contributed by atoms with Gasteiger partial charge in [0, 0.05) is 11.1 Å². The Balaban J connectivity index is 2.97. The van der Waals surface area contributed by atoms with E-state index in [0.717, 1.165) is 19.3 Å². The quantitative estimate of drug-likeness (QED) is 0.412. The summed E-state index contributed by atoms with van der Waals surface area (Å²) in [6, 6.07) is 0. The van der Waals surface area contributed by atoms with Gasteiger partial charge in [0.05, 0.1) is 0 Å². The fourth-order valence-corrected chi connectivity index (χ4v) is 3.33. The third kappa shape index (κ3) is 4.00. The molecule has 19 heavy (non-hydrogen) atoms. The summed E-state index contributed by atoms with van der Waals surface area (Å²) >= 11 is 0. The molecule has 0 bridgehead atoms. The van der Waals surface area contributed by atoms with E-state index in [1.54, 1.807) is 0 Å². The molecule has 0 saturated carbocycles. The first-order valence-corrected chi connectivity index (χ1v) is 8.03. The lowest BCUT2D eigenvalue weighted by molar-refractivity contribution is -0.300. The first-order valence-electron chi connectivity index (χ1n) is 6.23. The second kappa shape index (κ2) is 5.14. The zero-order chi connectivity index (χ0) is 15.1. The molecule has 0 aliphatic carbocycles. The summed E-state index contributed by atoms with van der Waals surface area (Å²) in [6.45, 7) is 7.56. The van der Waals surface area contributed by atoms with Crippen molar-refractivity contribution < 1.29 is 24.4 Å². The monoisotopic (exact) mass is 294 g/mol. The summed E-state index contributed by atoms with van der Waals surface area (Å²) in [4.78, 5) is 29.4. The van der Waals surface area contributed by atoms with Crippen molar-refractivity contribution in [3.8, 4) is 0 Å². The van der Waals surface area contributed by atoms with Crippen molar-refractivity contribution in [2.24, 2.45) is 0 Å². The number of rotatable bonds is 3. The first kappa shape index (κ1) is 16.6. The molecule has 3 N–H and O–H groups in total. The van der Waals surface area contributed by atoms with E-state index < -0.39 is 30.7 Å². The molecule has 1 saturated heterocycles. The van der Waals surface area contributed by atoms with E-state index in [2.05, 4.69) is 0 Å². The molecule has 0 aromatic rings. The number of nitrogens with zero attached hydrogens (tertiary/aromatic N) is 2. The van der Waals surface area contributed by atoms with Crippen molar-refractivity contribution in [2.45, 2.75) is 58.0 Å². The van der Waals surface area contributed by atoms with E-state index in [9.17, 15) is 14.6 Å². The van der Waals surface area contributed by atoms with Crippen LogP contribution in [0.25, 0.3) is 0 Å². The van der Waals surface area contributed by atoms with Gasteiger partial charge in [0.2, 0.25) is 0 Å². The van der Waals surface area contributed by atoms with Crippen LogP contribution in [0.4, 0.5) is 0 Å². The first-order chi connectivity index (χ1) is 8.37. The van der Waals surface area contributed by atoms with Crippen LogP contribution < -0.4 is 0 Å². The van der Waals surface area contributed by atoms with Crippen molar-refractivity contribution in [1.82, 2.24) is 10.2 Å². The maximum absolute atomic E-state index is 11.8. The topological polar surface area (TPSA) is 101 Å². The van der Waals surface area contributed by atoms with Crippen molar-refractivity contribution in [2.75, 3.05) is 6.16 Å². The number of piperidine rings is 1. The Bertz CT molecular complexity index is 388. The summed E-state index contributed by atoms with van der Waals surface area (Å²) < 4.78 is 10.9. The molecular weight excluding hydrogens is 271 g/mol. The van der Waals surface area contributed by atoms with Crippen LogP contribution >= 0.6 is 7.60 Å². The van der Waals surface area contributed by atoms with Gasteiger partial charge in [-0.15, -0.1) is 5.17 Å². The van der Waals surface area contributed by atoms with E-state index in [0.29, 0.717) is 5.17 Å². The zero-order valence-electron chi connectivity index (χ0n) is 11.8. The maximum atomic E-state index is 11.8. The van der Waals surface area contributed by atoms with Crippen LogP contribution in [0.1, 0.15) is 47.0 Å². The molecule has 0 unspecified atom stereocenters. The fraction of sp³-hybridized carbons (Fsp3) is 0.909. The number of hydrazine groups is 1. The third-order valence-corrected chi connectivity index (χ3v) is 4.16. The molecule has 0 radical (unpaired) electrons. The van der Waals surface area contributed by atoms with Crippen LogP contribution in [-0.4, -0.2) is 48.3 Å². The van der Waals surface area contributed by atoms with Gasteiger partial charge in [0.25, 0.3) is 5.91 Å². The van der Waals surface area contributed by atoms with Crippen LogP contribution in [0, 0.1) is 0 Å². The van der Waals surface area contributed by atoms with Gasteiger partial charge in [-0.05, 0) is 47.0 Å². The molecule has 1 heterocycles.